The van der Waals surface area contributed by atoms with Gasteiger partial charge in [-0.15, -0.1) is 0 Å². The standard InChI is InChI=1S/C17H18Cl3N/c1-3-16(21-4-2)11-5-7-12(8-6-11)17-14(19)9-13(18)10-15(17)20/h5-10,16,21H,3-4H2,1-2H3. The minimum Gasteiger partial charge on any atom is -0.310 e. The van der Waals surface area contributed by atoms with Gasteiger partial charge in [0, 0.05) is 16.6 Å². The molecular weight excluding hydrogens is 325 g/mol. The molecule has 0 bridgehead atoms. The van der Waals surface area contributed by atoms with Crippen molar-refractivity contribution in [2.24, 2.45) is 0 Å². The summed E-state index contributed by atoms with van der Waals surface area (Å²) in [5.74, 6) is 0. The summed E-state index contributed by atoms with van der Waals surface area (Å²) in [6.45, 7) is 5.24. The molecule has 0 aliphatic heterocycles. The Morgan fingerprint density at radius 2 is 1.52 bits per heavy atom. The Labute approximate surface area is 141 Å². The van der Waals surface area contributed by atoms with E-state index in [1.165, 1.54) is 5.56 Å². The van der Waals surface area contributed by atoms with Crippen LogP contribution in [-0.2, 0) is 0 Å². The van der Waals surface area contributed by atoms with Gasteiger partial charge in [0.15, 0.2) is 0 Å². The zero-order valence-corrected chi connectivity index (χ0v) is 14.4. The number of benzene rings is 2. The molecule has 0 amide bonds. The first-order valence-corrected chi connectivity index (χ1v) is 8.18. The van der Waals surface area contributed by atoms with Crippen LogP contribution in [0.4, 0.5) is 0 Å². The molecule has 112 valence electrons. The number of halogens is 3. The van der Waals surface area contributed by atoms with Crippen molar-refractivity contribution in [1.29, 1.82) is 0 Å². The first-order valence-electron chi connectivity index (χ1n) is 7.05. The van der Waals surface area contributed by atoms with Gasteiger partial charge >= 0.3 is 0 Å². The van der Waals surface area contributed by atoms with Gasteiger partial charge in [-0.1, -0.05) is 72.9 Å². The highest BCUT2D eigenvalue weighted by Gasteiger charge is 2.12. The highest BCUT2D eigenvalue weighted by molar-refractivity contribution is 6.41. The van der Waals surface area contributed by atoms with E-state index in [0.717, 1.165) is 24.1 Å². The Morgan fingerprint density at radius 3 is 2.00 bits per heavy atom. The quantitative estimate of drug-likeness (QED) is 0.665. The van der Waals surface area contributed by atoms with Gasteiger partial charge in [-0.2, -0.15) is 0 Å². The molecule has 1 atom stereocenters. The molecule has 0 radical (unpaired) electrons. The Morgan fingerprint density at radius 1 is 0.952 bits per heavy atom. The van der Waals surface area contributed by atoms with E-state index in [-0.39, 0.29) is 0 Å². The van der Waals surface area contributed by atoms with E-state index >= 15 is 0 Å². The Kier molecular flexibility index (Phi) is 5.95. The topological polar surface area (TPSA) is 12.0 Å². The van der Waals surface area contributed by atoms with Gasteiger partial charge in [0.1, 0.15) is 0 Å². The molecule has 1 unspecified atom stereocenters. The van der Waals surface area contributed by atoms with E-state index in [2.05, 4.69) is 43.4 Å². The van der Waals surface area contributed by atoms with Crippen molar-refractivity contribution >= 4 is 34.8 Å². The molecule has 0 fully saturated rings. The van der Waals surface area contributed by atoms with Crippen molar-refractivity contribution in [3.8, 4) is 11.1 Å². The van der Waals surface area contributed by atoms with E-state index in [1.54, 1.807) is 12.1 Å². The molecule has 21 heavy (non-hydrogen) atoms. The maximum absolute atomic E-state index is 6.27. The zero-order chi connectivity index (χ0) is 15.4. The van der Waals surface area contributed by atoms with E-state index in [4.69, 9.17) is 34.8 Å². The SMILES string of the molecule is CCNC(CC)c1ccc(-c2c(Cl)cc(Cl)cc2Cl)cc1. The minimum absolute atomic E-state index is 0.375. The lowest BCUT2D eigenvalue weighted by atomic mass is 9.99. The lowest BCUT2D eigenvalue weighted by Crippen LogP contribution is -2.19. The van der Waals surface area contributed by atoms with E-state index < -0.39 is 0 Å². The second-order valence-electron chi connectivity index (χ2n) is 4.88. The fourth-order valence-corrected chi connectivity index (χ4v) is 3.48. The Bertz CT molecular complexity index is 585. The monoisotopic (exact) mass is 341 g/mol. The third kappa shape index (κ3) is 3.92. The van der Waals surface area contributed by atoms with Gasteiger partial charge in [-0.05, 0) is 36.2 Å². The van der Waals surface area contributed by atoms with E-state index in [1.807, 2.05) is 0 Å². The van der Waals surface area contributed by atoms with Crippen molar-refractivity contribution in [3.05, 3.63) is 57.0 Å². The minimum atomic E-state index is 0.375. The lowest BCUT2D eigenvalue weighted by molar-refractivity contribution is 0.537. The van der Waals surface area contributed by atoms with Crippen LogP contribution in [0, 0.1) is 0 Å². The van der Waals surface area contributed by atoms with E-state index in [9.17, 15) is 0 Å². The summed E-state index contributed by atoms with van der Waals surface area (Å²) >= 11 is 18.5. The van der Waals surface area contributed by atoms with Crippen LogP contribution in [0.5, 0.6) is 0 Å². The number of hydrogen-bond acceptors (Lipinski definition) is 1. The summed E-state index contributed by atoms with van der Waals surface area (Å²) in [4.78, 5) is 0. The molecule has 0 saturated heterocycles. The first kappa shape index (κ1) is 16.6. The molecule has 2 aromatic rings. The number of rotatable bonds is 5. The van der Waals surface area contributed by atoms with Gasteiger partial charge in [0.25, 0.3) is 0 Å². The summed E-state index contributed by atoms with van der Waals surface area (Å²) in [5, 5.41) is 5.15. The first-order chi connectivity index (χ1) is 10.1. The molecule has 0 aliphatic rings. The van der Waals surface area contributed by atoms with Crippen LogP contribution >= 0.6 is 34.8 Å². The predicted molar refractivity (Wildman–Crippen MR) is 93.6 cm³/mol. The normalized spacial score (nSPS) is 12.4. The van der Waals surface area contributed by atoms with E-state index in [0.29, 0.717) is 21.1 Å². The smallest absolute Gasteiger partial charge is 0.0514 e. The molecule has 0 heterocycles. The van der Waals surface area contributed by atoms with Crippen LogP contribution in [0.15, 0.2) is 36.4 Å². The van der Waals surface area contributed by atoms with Gasteiger partial charge in [-0.3, -0.25) is 0 Å². The molecule has 0 aromatic heterocycles. The molecule has 1 N–H and O–H groups in total. The molecule has 2 aromatic carbocycles. The van der Waals surface area contributed by atoms with Crippen molar-refractivity contribution in [1.82, 2.24) is 5.32 Å². The third-order valence-corrected chi connectivity index (χ3v) is 4.28. The molecule has 0 aliphatic carbocycles. The summed E-state index contributed by atoms with van der Waals surface area (Å²) < 4.78 is 0. The van der Waals surface area contributed by atoms with Gasteiger partial charge in [-0.25, -0.2) is 0 Å². The van der Waals surface area contributed by atoms with Crippen molar-refractivity contribution in [2.75, 3.05) is 6.54 Å². The van der Waals surface area contributed by atoms with Crippen molar-refractivity contribution < 1.29 is 0 Å². The third-order valence-electron chi connectivity index (χ3n) is 3.47. The van der Waals surface area contributed by atoms with Crippen LogP contribution in [0.2, 0.25) is 15.1 Å². The maximum Gasteiger partial charge on any atom is 0.0514 e. The molecule has 4 heteroatoms. The zero-order valence-electron chi connectivity index (χ0n) is 12.1. The fraction of sp³-hybridized carbons (Fsp3) is 0.294. The van der Waals surface area contributed by atoms with Crippen molar-refractivity contribution in [2.45, 2.75) is 26.3 Å². The highest BCUT2D eigenvalue weighted by atomic mass is 35.5. The maximum atomic E-state index is 6.27. The van der Waals surface area contributed by atoms with Crippen LogP contribution in [0.1, 0.15) is 31.9 Å². The second-order valence-corrected chi connectivity index (χ2v) is 6.14. The summed E-state index contributed by atoms with van der Waals surface area (Å²) in [7, 11) is 0. The average Bonchev–Trinajstić information content (AvgIpc) is 2.44. The molecule has 0 spiro atoms. The van der Waals surface area contributed by atoms with Gasteiger partial charge in [0.2, 0.25) is 0 Å². The van der Waals surface area contributed by atoms with Crippen LogP contribution in [-0.4, -0.2) is 6.54 Å². The average molecular weight is 343 g/mol. The van der Waals surface area contributed by atoms with Gasteiger partial charge < -0.3 is 5.32 Å². The Balaban J connectivity index is 2.35. The Hall–Kier alpha value is -0.730. The lowest BCUT2D eigenvalue weighted by Gasteiger charge is -2.17. The molecule has 0 saturated carbocycles. The molecular formula is C17H18Cl3N. The van der Waals surface area contributed by atoms with Crippen LogP contribution in [0.3, 0.4) is 0 Å². The molecule has 1 nitrogen and oxygen atoms in total. The summed E-state index contributed by atoms with van der Waals surface area (Å²) in [6, 6.07) is 12.1. The highest BCUT2D eigenvalue weighted by Crippen LogP contribution is 2.37. The summed E-state index contributed by atoms with van der Waals surface area (Å²) in [6.07, 6.45) is 1.05. The van der Waals surface area contributed by atoms with Crippen LogP contribution in [0.25, 0.3) is 11.1 Å². The summed E-state index contributed by atoms with van der Waals surface area (Å²) in [5.41, 5.74) is 3.09. The van der Waals surface area contributed by atoms with Crippen LogP contribution < -0.4 is 5.32 Å². The predicted octanol–water partition coefficient (Wildman–Crippen LogP) is 6.37. The largest absolute Gasteiger partial charge is 0.310 e. The number of nitrogens with one attached hydrogen (secondary N) is 1. The van der Waals surface area contributed by atoms with Crippen molar-refractivity contribution in [3.63, 3.8) is 0 Å². The second kappa shape index (κ2) is 7.51. The fourth-order valence-electron chi connectivity index (χ4n) is 2.44. The van der Waals surface area contributed by atoms with Gasteiger partial charge in [0.05, 0.1) is 10.0 Å². The molecule has 2 rings (SSSR count). The number of hydrogen-bond donors (Lipinski definition) is 1.